The molecule has 2 aromatic heterocycles. The molecule has 1 unspecified atom stereocenters. The molecule has 140 valence electrons. The molecule has 2 N–H and O–H groups in total. The number of rotatable bonds is 8. The molecule has 0 fully saturated rings. The zero-order valence-electron chi connectivity index (χ0n) is 14.8. The van der Waals surface area contributed by atoms with Crippen molar-refractivity contribution in [2.75, 3.05) is 5.32 Å². The molecule has 7 heteroatoms. The molecule has 0 aliphatic carbocycles. The number of carbonyl (C=O) groups is 2. The van der Waals surface area contributed by atoms with E-state index in [1.165, 1.54) is 11.3 Å². The summed E-state index contributed by atoms with van der Waals surface area (Å²) in [4.78, 5) is 28.2. The number of nitrogens with one attached hydrogen (secondary N) is 1. The second-order valence-corrected chi connectivity index (χ2v) is 6.99. The van der Waals surface area contributed by atoms with Crippen molar-refractivity contribution >= 4 is 28.3 Å². The van der Waals surface area contributed by atoms with E-state index in [9.17, 15) is 9.59 Å². The van der Waals surface area contributed by atoms with E-state index in [1.54, 1.807) is 5.38 Å². The molecule has 2 heterocycles. The summed E-state index contributed by atoms with van der Waals surface area (Å²) in [6.07, 6.45) is 0.913. The predicted molar refractivity (Wildman–Crippen MR) is 104 cm³/mol. The standard InChI is InChI=1S/C20H20N2O4S/c1-2-15-8-9-17(26-15)16-12-27-20(21-16)22-19(25)14(11-18(23)24)10-13-6-4-3-5-7-13/h3-9,12,14H,2,10-11H2,1H3,(H,23,24)(H,21,22,25). The molecule has 6 nitrogen and oxygen atoms in total. The highest BCUT2D eigenvalue weighted by Gasteiger charge is 2.23. The summed E-state index contributed by atoms with van der Waals surface area (Å²) in [5.74, 6) is -0.514. The molecular formula is C20H20N2O4S. The number of benzene rings is 1. The summed E-state index contributed by atoms with van der Waals surface area (Å²) in [5.41, 5.74) is 1.56. The van der Waals surface area contributed by atoms with Gasteiger partial charge < -0.3 is 14.8 Å². The molecule has 0 saturated carbocycles. The van der Waals surface area contributed by atoms with Crippen LogP contribution in [0.15, 0.2) is 52.3 Å². The molecule has 3 rings (SSSR count). The number of aryl methyl sites for hydroxylation is 1. The minimum Gasteiger partial charge on any atom is -0.481 e. The monoisotopic (exact) mass is 384 g/mol. The van der Waals surface area contributed by atoms with Crippen molar-refractivity contribution in [2.24, 2.45) is 5.92 Å². The molecule has 0 spiro atoms. The highest BCUT2D eigenvalue weighted by atomic mass is 32.1. The van der Waals surface area contributed by atoms with Crippen LogP contribution in [0.25, 0.3) is 11.5 Å². The first-order valence-corrected chi connectivity index (χ1v) is 9.54. The van der Waals surface area contributed by atoms with Gasteiger partial charge in [0.05, 0.1) is 12.3 Å². The van der Waals surface area contributed by atoms with E-state index >= 15 is 0 Å². The van der Waals surface area contributed by atoms with E-state index < -0.39 is 11.9 Å². The van der Waals surface area contributed by atoms with Crippen LogP contribution in [0.3, 0.4) is 0 Å². The number of carboxylic acids is 1. The van der Waals surface area contributed by atoms with E-state index in [-0.39, 0.29) is 12.3 Å². The van der Waals surface area contributed by atoms with E-state index in [4.69, 9.17) is 9.52 Å². The molecule has 1 aromatic carbocycles. The summed E-state index contributed by atoms with van der Waals surface area (Å²) in [6, 6.07) is 13.1. The molecule has 27 heavy (non-hydrogen) atoms. The van der Waals surface area contributed by atoms with Crippen LogP contribution >= 0.6 is 11.3 Å². The number of aromatic nitrogens is 1. The largest absolute Gasteiger partial charge is 0.481 e. The van der Waals surface area contributed by atoms with E-state index in [2.05, 4.69) is 10.3 Å². The van der Waals surface area contributed by atoms with Crippen LogP contribution in [-0.4, -0.2) is 22.0 Å². The van der Waals surface area contributed by atoms with Crippen LogP contribution in [0.5, 0.6) is 0 Å². The normalized spacial score (nSPS) is 11.9. The number of nitrogens with zero attached hydrogens (tertiary/aromatic N) is 1. The van der Waals surface area contributed by atoms with Crippen molar-refractivity contribution in [3.05, 3.63) is 59.2 Å². The average molecular weight is 384 g/mol. The van der Waals surface area contributed by atoms with Crippen LogP contribution in [0, 0.1) is 5.92 Å². The molecule has 3 aromatic rings. The minimum atomic E-state index is -1.01. The zero-order chi connectivity index (χ0) is 19.2. The van der Waals surface area contributed by atoms with E-state index in [0.717, 1.165) is 17.7 Å². The summed E-state index contributed by atoms with van der Waals surface area (Å²) in [6.45, 7) is 2.00. The SMILES string of the molecule is CCc1ccc(-c2csc(NC(=O)C(CC(=O)O)Cc3ccccc3)n2)o1. The van der Waals surface area contributed by atoms with Crippen molar-refractivity contribution in [3.63, 3.8) is 0 Å². The van der Waals surface area contributed by atoms with Crippen molar-refractivity contribution < 1.29 is 19.1 Å². The number of carbonyl (C=O) groups excluding carboxylic acids is 1. The van der Waals surface area contributed by atoms with Gasteiger partial charge >= 0.3 is 5.97 Å². The number of thiazole rings is 1. The zero-order valence-corrected chi connectivity index (χ0v) is 15.7. The Morgan fingerprint density at radius 2 is 2.00 bits per heavy atom. The van der Waals surface area contributed by atoms with Crippen molar-refractivity contribution in [2.45, 2.75) is 26.2 Å². The quantitative estimate of drug-likeness (QED) is 0.606. The first-order valence-electron chi connectivity index (χ1n) is 8.66. The van der Waals surface area contributed by atoms with Gasteiger partial charge in [0, 0.05) is 11.8 Å². The maximum Gasteiger partial charge on any atom is 0.304 e. The molecule has 0 radical (unpaired) electrons. The lowest BCUT2D eigenvalue weighted by Crippen LogP contribution is -2.27. The number of anilines is 1. The molecule has 1 amide bonds. The Morgan fingerprint density at radius 3 is 2.67 bits per heavy atom. The topological polar surface area (TPSA) is 92.4 Å². The molecule has 0 aliphatic rings. The molecule has 0 aliphatic heterocycles. The van der Waals surface area contributed by atoms with Crippen LogP contribution in [-0.2, 0) is 22.4 Å². The Hall–Kier alpha value is -2.93. The molecule has 1 atom stereocenters. The van der Waals surface area contributed by atoms with Gasteiger partial charge in [-0.25, -0.2) is 4.98 Å². The summed E-state index contributed by atoms with van der Waals surface area (Å²) in [5, 5.41) is 14.1. The number of carboxylic acid groups (broad SMARTS) is 1. The Bertz CT molecular complexity index is 917. The number of aliphatic carboxylic acids is 1. The third-order valence-electron chi connectivity index (χ3n) is 4.11. The summed E-state index contributed by atoms with van der Waals surface area (Å²) < 4.78 is 5.67. The lowest BCUT2D eigenvalue weighted by Gasteiger charge is -2.14. The van der Waals surface area contributed by atoms with Gasteiger partial charge in [0.2, 0.25) is 5.91 Å². The fourth-order valence-electron chi connectivity index (χ4n) is 2.72. The fourth-order valence-corrected chi connectivity index (χ4v) is 3.43. The van der Waals surface area contributed by atoms with Crippen LogP contribution in [0.4, 0.5) is 5.13 Å². The van der Waals surface area contributed by atoms with Crippen LogP contribution in [0.2, 0.25) is 0 Å². The molecular weight excluding hydrogens is 364 g/mol. The maximum atomic E-state index is 12.6. The Kier molecular flexibility index (Phi) is 6.03. The van der Waals surface area contributed by atoms with Gasteiger partial charge in [-0.2, -0.15) is 0 Å². The van der Waals surface area contributed by atoms with Gasteiger partial charge in [0.15, 0.2) is 10.9 Å². The Morgan fingerprint density at radius 1 is 1.22 bits per heavy atom. The van der Waals surface area contributed by atoms with Crippen molar-refractivity contribution in [3.8, 4) is 11.5 Å². The first kappa shape index (κ1) is 18.8. The van der Waals surface area contributed by atoms with Gasteiger partial charge in [-0.3, -0.25) is 9.59 Å². The summed E-state index contributed by atoms with van der Waals surface area (Å²) >= 11 is 1.28. The molecule has 0 saturated heterocycles. The van der Waals surface area contributed by atoms with E-state index in [1.807, 2.05) is 49.4 Å². The summed E-state index contributed by atoms with van der Waals surface area (Å²) in [7, 11) is 0. The maximum absolute atomic E-state index is 12.6. The Balaban J connectivity index is 1.70. The highest BCUT2D eigenvalue weighted by Crippen LogP contribution is 2.27. The number of hydrogen-bond acceptors (Lipinski definition) is 5. The minimum absolute atomic E-state index is 0.239. The third kappa shape index (κ3) is 5.04. The van der Waals surface area contributed by atoms with Crippen molar-refractivity contribution in [1.29, 1.82) is 0 Å². The van der Waals surface area contributed by atoms with Crippen LogP contribution in [0.1, 0.15) is 24.7 Å². The second kappa shape index (κ2) is 8.64. The second-order valence-electron chi connectivity index (χ2n) is 6.13. The highest BCUT2D eigenvalue weighted by molar-refractivity contribution is 7.14. The lowest BCUT2D eigenvalue weighted by molar-refractivity contribution is -0.140. The predicted octanol–water partition coefficient (Wildman–Crippen LogP) is 4.24. The Labute approximate surface area is 160 Å². The van der Waals surface area contributed by atoms with Crippen molar-refractivity contribution in [1.82, 2.24) is 4.98 Å². The number of hydrogen-bond donors (Lipinski definition) is 2. The van der Waals surface area contributed by atoms with Gasteiger partial charge in [0.1, 0.15) is 11.5 Å². The van der Waals surface area contributed by atoms with Crippen LogP contribution < -0.4 is 5.32 Å². The van der Waals surface area contributed by atoms with Gasteiger partial charge in [0.25, 0.3) is 0 Å². The van der Waals surface area contributed by atoms with Gasteiger partial charge in [-0.1, -0.05) is 37.3 Å². The third-order valence-corrected chi connectivity index (χ3v) is 4.87. The first-order chi connectivity index (χ1) is 13.0. The fraction of sp³-hybridized carbons (Fsp3) is 0.250. The molecule has 0 bridgehead atoms. The smallest absolute Gasteiger partial charge is 0.304 e. The number of amides is 1. The van der Waals surface area contributed by atoms with Gasteiger partial charge in [-0.05, 0) is 24.1 Å². The lowest BCUT2D eigenvalue weighted by atomic mass is 9.95. The average Bonchev–Trinajstić information content (AvgIpc) is 3.30. The van der Waals surface area contributed by atoms with E-state index in [0.29, 0.717) is 23.0 Å². The van der Waals surface area contributed by atoms with Gasteiger partial charge in [-0.15, -0.1) is 11.3 Å². The number of furan rings is 1.